The lowest BCUT2D eigenvalue weighted by Crippen LogP contribution is -2.70. The van der Waals surface area contributed by atoms with Crippen LogP contribution in [0.25, 0.3) is 0 Å². The van der Waals surface area contributed by atoms with Crippen LogP contribution in [-0.4, -0.2) is 22.3 Å². The molecular weight excluding hydrogens is 308 g/mol. The van der Waals surface area contributed by atoms with E-state index in [1.807, 2.05) is 0 Å². The maximum absolute atomic E-state index is 11.6. The van der Waals surface area contributed by atoms with Crippen LogP contribution >= 0.6 is 15.9 Å². The lowest BCUT2D eigenvalue weighted by atomic mass is 9.65. The topological polar surface area (TPSA) is 58.2 Å². The van der Waals surface area contributed by atoms with Crippen LogP contribution < -0.4 is 10.6 Å². The highest BCUT2D eigenvalue weighted by atomic mass is 79.9. The van der Waals surface area contributed by atoms with E-state index in [1.54, 1.807) is 0 Å². The number of halogens is 1. The summed E-state index contributed by atoms with van der Waals surface area (Å²) in [5, 5.41) is 6.04. The first-order chi connectivity index (χ1) is 8.63. The Labute approximate surface area is 123 Å². The number of carbonyl (C=O) groups is 2. The largest absolute Gasteiger partial charge is 0.332 e. The van der Waals surface area contributed by atoms with E-state index in [0.717, 1.165) is 6.42 Å². The van der Waals surface area contributed by atoms with Crippen molar-refractivity contribution >= 4 is 27.7 Å². The smallest absolute Gasteiger partial charge is 0.218 e. The Morgan fingerprint density at radius 3 is 1.95 bits per heavy atom. The van der Waals surface area contributed by atoms with Crippen molar-refractivity contribution in [2.24, 2.45) is 23.2 Å². The van der Waals surface area contributed by atoms with Gasteiger partial charge in [0.15, 0.2) is 0 Å². The van der Waals surface area contributed by atoms with E-state index in [9.17, 15) is 9.59 Å². The number of nitrogens with one attached hydrogen (secondary N) is 2. The molecular formula is C14H23BrN2O2. The minimum Gasteiger partial charge on any atom is -0.332 e. The van der Waals surface area contributed by atoms with Gasteiger partial charge in [-0.3, -0.25) is 9.59 Å². The van der Waals surface area contributed by atoms with Crippen LogP contribution in [0.5, 0.6) is 0 Å². The molecule has 0 aromatic rings. The molecule has 2 bridgehead atoms. The van der Waals surface area contributed by atoms with Crippen LogP contribution in [-0.2, 0) is 9.59 Å². The molecule has 2 aliphatic rings. The molecule has 2 N–H and O–H groups in total. The van der Waals surface area contributed by atoms with Gasteiger partial charge in [0.2, 0.25) is 11.8 Å². The minimum absolute atomic E-state index is 0.0731. The molecule has 0 heterocycles. The Morgan fingerprint density at radius 2 is 1.58 bits per heavy atom. The first-order valence-electron chi connectivity index (χ1n) is 6.84. The van der Waals surface area contributed by atoms with Crippen LogP contribution in [0, 0.1) is 23.2 Å². The second kappa shape index (κ2) is 4.47. The zero-order valence-corrected chi connectivity index (χ0v) is 13.8. The molecule has 0 saturated heterocycles. The summed E-state index contributed by atoms with van der Waals surface area (Å²) in [4.78, 5) is 23.3. The van der Waals surface area contributed by atoms with Crippen LogP contribution in [0.2, 0.25) is 0 Å². The van der Waals surface area contributed by atoms with Crippen molar-refractivity contribution in [2.45, 2.75) is 51.5 Å². The summed E-state index contributed by atoms with van der Waals surface area (Å²) in [6, 6.07) is 0. The van der Waals surface area contributed by atoms with Crippen molar-refractivity contribution in [1.82, 2.24) is 10.6 Å². The van der Waals surface area contributed by atoms with Crippen molar-refractivity contribution in [3.8, 4) is 0 Å². The number of amides is 2. The van der Waals surface area contributed by atoms with Gasteiger partial charge >= 0.3 is 0 Å². The molecule has 2 rings (SSSR count). The van der Waals surface area contributed by atoms with Crippen LogP contribution in [0.4, 0.5) is 0 Å². The molecule has 2 amide bonds. The lowest BCUT2D eigenvalue weighted by molar-refractivity contribution is -0.127. The van der Waals surface area contributed by atoms with Gasteiger partial charge in [0.1, 0.15) is 5.66 Å². The lowest BCUT2D eigenvalue weighted by Gasteiger charge is -2.50. The summed E-state index contributed by atoms with van der Waals surface area (Å²) >= 11 is 3.75. The van der Waals surface area contributed by atoms with Crippen LogP contribution in [0.3, 0.4) is 0 Å². The normalized spacial score (nSPS) is 38.0. The molecule has 0 spiro atoms. The average Bonchev–Trinajstić information content (AvgIpc) is 2.62. The second-order valence-corrected chi connectivity index (χ2v) is 7.68. The highest BCUT2D eigenvalue weighted by Crippen LogP contribution is 2.64. The van der Waals surface area contributed by atoms with E-state index in [2.05, 4.69) is 47.3 Å². The third-order valence-corrected chi connectivity index (χ3v) is 6.74. The van der Waals surface area contributed by atoms with Crippen molar-refractivity contribution in [3.63, 3.8) is 0 Å². The monoisotopic (exact) mass is 330 g/mol. The van der Waals surface area contributed by atoms with Gasteiger partial charge in [-0.2, -0.15) is 0 Å². The summed E-state index contributed by atoms with van der Waals surface area (Å²) in [6.45, 7) is 9.79. The van der Waals surface area contributed by atoms with Crippen LogP contribution in [0.1, 0.15) is 41.0 Å². The highest BCUT2D eigenvalue weighted by Gasteiger charge is 2.67. The quantitative estimate of drug-likeness (QED) is 0.601. The van der Waals surface area contributed by atoms with Gasteiger partial charge in [-0.15, -0.1) is 0 Å². The number of alkyl halides is 1. The Kier molecular flexibility index (Phi) is 3.49. The Balaban J connectivity index is 2.40. The fourth-order valence-electron chi connectivity index (χ4n) is 4.17. The molecule has 19 heavy (non-hydrogen) atoms. The molecule has 0 aromatic heterocycles. The van der Waals surface area contributed by atoms with Gasteiger partial charge in [-0.05, 0) is 23.7 Å². The van der Waals surface area contributed by atoms with Gasteiger partial charge in [-0.1, -0.05) is 36.7 Å². The van der Waals surface area contributed by atoms with E-state index in [-0.39, 0.29) is 28.0 Å². The zero-order valence-electron chi connectivity index (χ0n) is 12.2. The summed E-state index contributed by atoms with van der Waals surface area (Å²) in [6.07, 6.45) is 1.03. The van der Waals surface area contributed by atoms with E-state index in [1.165, 1.54) is 13.8 Å². The number of hydrogen-bond donors (Lipinski definition) is 2. The van der Waals surface area contributed by atoms with Crippen LogP contribution in [0.15, 0.2) is 0 Å². The van der Waals surface area contributed by atoms with Crippen molar-refractivity contribution < 1.29 is 9.59 Å². The van der Waals surface area contributed by atoms with Crippen molar-refractivity contribution in [3.05, 3.63) is 0 Å². The standard InChI is InChI=1S/C14H23BrN2O2/c1-7-10-6-11(13(7,4)5)12(15)14(10,16-8(2)18)17-9(3)19/h7,10-12H,6H2,1-5H3,(H,16,18)(H,17,19)/t7-,10-,11+,12+/m0/s1. The fraction of sp³-hybridized carbons (Fsp3) is 0.857. The third kappa shape index (κ3) is 2.01. The molecule has 5 heteroatoms. The van der Waals surface area contributed by atoms with Crippen molar-refractivity contribution in [1.29, 1.82) is 0 Å². The van der Waals surface area contributed by atoms with Gasteiger partial charge in [0.25, 0.3) is 0 Å². The fourth-order valence-corrected chi connectivity index (χ4v) is 5.64. The van der Waals surface area contributed by atoms with E-state index in [0.29, 0.717) is 11.8 Å². The van der Waals surface area contributed by atoms with Gasteiger partial charge in [0, 0.05) is 19.8 Å². The molecule has 0 aliphatic heterocycles. The summed E-state index contributed by atoms with van der Waals surface area (Å²) in [5.74, 6) is 0.965. The second-order valence-electron chi connectivity index (χ2n) is 6.69. The number of carbonyl (C=O) groups excluding carboxylic acids is 2. The zero-order chi connectivity index (χ0) is 14.6. The molecule has 2 saturated carbocycles. The van der Waals surface area contributed by atoms with E-state index in [4.69, 9.17) is 0 Å². The van der Waals surface area contributed by atoms with Gasteiger partial charge < -0.3 is 10.6 Å². The maximum atomic E-state index is 11.6. The predicted molar refractivity (Wildman–Crippen MR) is 77.6 cm³/mol. The first kappa shape index (κ1) is 14.8. The minimum atomic E-state index is -0.642. The van der Waals surface area contributed by atoms with Gasteiger partial charge in [-0.25, -0.2) is 0 Å². The Morgan fingerprint density at radius 1 is 1.11 bits per heavy atom. The highest BCUT2D eigenvalue weighted by molar-refractivity contribution is 9.09. The molecule has 2 aliphatic carbocycles. The Bertz CT molecular complexity index is 406. The van der Waals surface area contributed by atoms with Gasteiger partial charge in [0.05, 0.1) is 4.83 Å². The summed E-state index contributed by atoms with van der Waals surface area (Å²) < 4.78 is 0. The molecule has 0 radical (unpaired) electrons. The van der Waals surface area contributed by atoms with E-state index >= 15 is 0 Å². The summed E-state index contributed by atoms with van der Waals surface area (Å²) in [5.41, 5.74) is -0.420. The maximum Gasteiger partial charge on any atom is 0.218 e. The SMILES string of the molecule is CC(=O)NC1(NC(C)=O)[C@H](Br)[C@H]2C[C@H]1[C@H](C)C2(C)C. The van der Waals surface area contributed by atoms with Crippen molar-refractivity contribution in [2.75, 3.05) is 0 Å². The molecule has 0 unspecified atom stereocenters. The first-order valence-corrected chi connectivity index (χ1v) is 7.76. The average molecular weight is 331 g/mol. The molecule has 4 atom stereocenters. The number of hydrogen-bond acceptors (Lipinski definition) is 2. The number of fused-ring (bicyclic) bond motifs is 2. The molecule has 2 fully saturated rings. The number of rotatable bonds is 2. The molecule has 0 aromatic carbocycles. The predicted octanol–water partition coefficient (Wildman–Crippen LogP) is 2.03. The Hall–Kier alpha value is -0.580. The van der Waals surface area contributed by atoms with E-state index < -0.39 is 5.66 Å². The molecule has 108 valence electrons. The molecule has 4 nitrogen and oxygen atoms in total. The summed E-state index contributed by atoms with van der Waals surface area (Å²) in [7, 11) is 0. The third-order valence-electron chi connectivity index (χ3n) is 5.38.